The third-order valence-corrected chi connectivity index (χ3v) is 3.61. The maximum Gasteiger partial charge on any atom is 0.249 e. The van der Waals surface area contributed by atoms with E-state index in [1.54, 1.807) is 0 Å². The van der Waals surface area contributed by atoms with Crippen LogP contribution in [0.25, 0.3) is 11.5 Å². The summed E-state index contributed by atoms with van der Waals surface area (Å²) in [6.45, 7) is 4.16. The van der Waals surface area contributed by atoms with Gasteiger partial charge in [-0.2, -0.15) is 0 Å². The van der Waals surface area contributed by atoms with Gasteiger partial charge in [-0.3, -0.25) is 0 Å². The highest BCUT2D eigenvalue weighted by Gasteiger charge is 2.11. The zero-order chi connectivity index (χ0) is 14.4. The fraction of sp³-hybridized carbons (Fsp3) is 0.429. The van der Waals surface area contributed by atoms with Gasteiger partial charge >= 0.3 is 0 Å². The lowest BCUT2D eigenvalue weighted by atomic mass is 10.2. The second-order valence-electron chi connectivity index (χ2n) is 4.48. The van der Waals surface area contributed by atoms with Crippen LogP contribution in [-0.2, 0) is 6.42 Å². The van der Waals surface area contributed by atoms with Gasteiger partial charge in [0.15, 0.2) is 0 Å². The maximum atomic E-state index is 6.17. The van der Waals surface area contributed by atoms with Crippen LogP contribution in [0.1, 0.15) is 25.7 Å². The molecule has 0 atom stereocenters. The number of rotatable bonds is 7. The number of nitrogens with zero attached hydrogens (tertiary/aromatic N) is 2. The molecule has 2 aromatic rings. The molecule has 0 saturated heterocycles. The minimum Gasteiger partial charge on any atom is -0.421 e. The van der Waals surface area contributed by atoms with E-state index in [-0.39, 0.29) is 0 Å². The van der Waals surface area contributed by atoms with Gasteiger partial charge in [0.25, 0.3) is 0 Å². The number of halogens is 2. The van der Waals surface area contributed by atoms with Crippen LogP contribution in [0.5, 0.6) is 0 Å². The lowest BCUT2D eigenvalue weighted by Crippen LogP contribution is -2.16. The average Bonchev–Trinajstić information content (AvgIpc) is 2.87. The largest absolute Gasteiger partial charge is 0.421 e. The first kappa shape index (κ1) is 15.5. The molecule has 0 aliphatic rings. The third-order valence-electron chi connectivity index (χ3n) is 2.80. The summed E-state index contributed by atoms with van der Waals surface area (Å²) in [4.78, 5) is 0. The molecular formula is C14H17BrClN3O. The Labute approximate surface area is 132 Å². The van der Waals surface area contributed by atoms with E-state index < -0.39 is 0 Å². The quantitative estimate of drug-likeness (QED) is 0.758. The van der Waals surface area contributed by atoms with Crippen LogP contribution in [0, 0.1) is 0 Å². The second-order valence-corrected chi connectivity index (χ2v) is 5.80. The molecule has 0 aliphatic carbocycles. The molecule has 0 unspecified atom stereocenters. The van der Waals surface area contributed by atoms with Crippen LogP contribution >= 0.6 is 27.5 Å². The topological polar surface area (TPSA) is 51.0 Å². The standard InChI is InChI=1S/C14H17BrClN3O/c1-2-7-17-8-3-4-13-18-19-14(20-13)11-6-5-10(15)9-12(11)16/h5-6,9,17H,2-4,7-8H2,1H3. The summed E-state index contributed by atoms with van der Waals surface area (Å²) in [5.41, 5.74) is 0.762. The van der Waals surface area contributed by atoms with E-state index in [1.165, 1.54) is 0 Å². The Morgan fingerprint density at radius 1 is 1.30 bits per heavy atom. The van der Waals surface area contributed by atoms with Gasteiger partial charge in [-0.1, -0.05) is 34.5 Å². The molecule has 0 amide bonds. The van der Waals surface area contributed by atoms with Gasteiger partial charge in [0, 0.05) is 10.9 Å². The van der Waals surface area contributed by atoms with Crippen molar-refractivity contribution >= 4 is 27.5 Å². The van der Waals surface area contributed by atoms with E-state index in [4.69, 9.17) is 16.0 Å². The van der Waals surface area contributed by atoms with Crippen molar-refractivity contribution in [2.24, 2.45) is 0 Å². The number of nitrogens with one attached hydrogen (secondary N) is 1. The van der Waals surface area contributed by atoms with E-state index in [2.05, 4.69) is 38.4 Å². The SMILES string of the molecule is CCCNCCCc1nnc(-c2ccc(Br)cc2Cl)o1. The van der Waals surface area contributed by atoms with Gasteiger partial charge in [0.1, 0.15) is 0 Å². The first-order chi connectivity index (χ1) is 9.70. The van der Waals surface area contributed by atoms with Crippen molar-refractivity contribution in [2.75, 3.05) is 13.1 Å². The average molecular weight is 359 g/mol. The van der Waals surface area contributed by atoms with Crippen molar-refractivity contribution in [3.05, 3.63) is 33.6 Å². The summed E-state index contributed by atoms with van der Waals surface area (Å²) in [6.07, 6.45) is 2.90. The van der Waals surface area contributed by atoms with Crippen LogP contribution in [-0.4, -0.2) is 23.3 Å². The molecule has 4 nitrogen and oxygen atoms in total. The van der Waals surface area contributed by atoms with E-state index in [0.717, 1.165) is 42.4 Å². The highest BCUT2D eigenvalue weighted by molar-refractivity contribution is 9.10. The number of benzene rings is 1. The summed E-state index contributed by atoms with van der Waals surface area (Å²) >= 11 is 9.54. The summed E-state index contributed by atoms with van der Waals surface area (Å²) in [6, 6.07) is 5.59. The van der Waals surface area contributed by atoms with E-state index in [0.29, 0.717) is 16.8 Å². The molecule has 0 spiro atoms. The Bertz CT molecular complexity index is 559. The summed E-state index contributed by atoms with van der Waals surface area (Å²) in [5, 5.41) is 12.1. The third kappa shape index (κ3) is 4.30. The first-order valence-corrected chi connectivity index (χ1v) is 7.86. The van der Waals surface area contributed by atoms with Crippen LogP contribution in [0.2, 0.25) is 5.02 Å². The van der Waals surface area contributed by atoms with Crippen molar-refractivity contribution < 1.29 is 4.42 Å². The van der Waals surface area contributed by atoms with Gasteiger partial charge in [0.05, 0.1) is 10.6 Å². The minimum absolute atomic E-state index is 0.471. The summed E-state index contributed by atoms with van der Waals surface area (Å²) in [5.74, 6) is 1.12. The van der Waals surface area contributed by atoms with Crippen molar-refractivity contribution in [2.45, 2.75) is 26.2 Å². The molecule has 2 rings (SSSR count). The highest BCUT2D eigenvalue weighted by Crippen LogP contribution is 2.29. The predicted octanol–water partition coefficient (Wildman–Crippen LogP) is 4.08. The number of hydrogen-bond acceptors (Lipinski definition) is 4. The maximum absolute atomic E-state index is 6.17. The molecule has 1 N–H and O–H groups in total. The van der Waals surface area contributed by atoms with Crippen molar-refractivity contribution in [1.29, 1.82) is 0 Å². The fourth-order valence-electron chi connectivity index (χ4n) is 1.79. The van der Waals surface area contributed by atoms with Gasteiger partial charge in [-0.25, -0.2) is 0 Å². The minimum atomic E-state index is 0.471. The number of hydrogen-bond donors (Lipinski definition) is 1. The molecule has 6 heteroatoms. The molecule has 20 heavy (non-hydrogen) atoms. The van der Waals surface area contributed by atoms with Gasteiger partial charge < -0.3 is 9.73 Å². The van der Waals surface area contributed by atoms with Gasteiger partial charge in [-0.05, 0) is 44.1 Å². The van der Waals surface area contributed by atoms with E-state index in [9.17, 15) is 0 Å². The van der Waals surface area contributed by atoms with Crippen LogP contribution in [0.4, 0.5) is 0 Å². The smallest absolute Gasteiger partial charge is 0.249 e. The normalized spacial score (nSPS) is 10.9. The second kappa shape index (κ2) is 7.76. The lowest BCUT2D eigenvalue weighted by molar-refractivity contribution is 0.491. The molecular weight excluding hydrogens is 342 g/mol. The monoisotopic (exact) mass is 357 g/mol. The molecule has 0 aliphatic heterocycles. The molecule has 1 heterocycles. The molecule has 0 radical (unpaired) electrons. The zero-order valence-corrected chi connectivity index (χ0v) is 13.7. The Morgan fingerprint density at radius 3 is 2.90 bits per heavy atom. The van der Waals surface area contributed by atoms with E-state index in [1.807, 2.05) is 18.2 Å². The van der Waals surface area contributed by atoms with Crippen LogP contribution < -0.4 is 5.32 Å². The Balaban J connectivity index is 1.95. The van der Waals surface area contributed by atoms with Crippen LogP contribution in [0.15, 0.2) is 27.1 Å². The molecule has 108 valence electrons. The van der Waals surface area contributed by atoms with E-state index >= 15 is 0 Å². The summed E-state index contributed by atoms with van der Waals surface area (Å²) in [7, 11) is 0. The van der Waals surface area contributed by atoms with Crippen LogP contribution in [0.3, 0.4) is 0 Å². The Kier molecular flexibility index (Phi) is 6.01. The number of aryl methyl sites for hydroxylation is 1. The predicted molar refractivity (Wildman–Crippen MR) is 83.9 cm³/mol. The van der Waals surface area contributed by atoms with Gasteiger partial charge in [-0.15, -0.1) is 10.2 Å². The molecule has 0 bridgehead atoms. The van der Waals surface area contributed by atoms with Crippen molar-refractivity contribution in [1.82, 2.24) is 15.5 Å². The Hall–Kier alpha value is -0.910. The molecule has 1 aromatic heterocycles. The lowest BCUT2D eigenvalue weighted by Gasteiger charge is -2.00. The summed E-state index contributed by atoms with van der Waals surface area (Å²) < 4.78 is 6.57. The number of aromatic nitrogens is 2. The fourth-order valence-corrected chi connectivity index (χ4v) is 2.55. The Morgan fingerprint density at radius 2 is 2.15 bits per heavy atom. The highest BCUT2D eigenvalue weighted by atomic mass is 79.9. The molecule has 0 fully saturated rings. The van der Waals surface area contributed by atoms with Crippen molar-refractivity contribution in [3.63, 3.8) is 0 Å². The van der Waals surface area contributed by atoms with Crippen molar-refractivity contribution in [3.8, 4) is 11.5 Å². The first-order valence-electron chi connectivity index (χ1n) is 6.69. The zero-order valence-electron chi connectivity index (χ0n) is 11.3. The molecule has 1 aromatic carbocycles. The molecule has 0 saturated carbocycles. The van der Waals surface area contributed by atoms with Gasteiger partial charge in [0.2, 0.25) is 11.8 Å².